The number of aryl methyl sites for hydroxylation is 1. The quantitative estimate of drug-likeness (QED) is 0.892. The number of hydrogen-bond donors (Lipinski definition) is 1. The average Bonchev–Trinajstić information content (AvgIpc) is 2.30. The zero-order valence-corrected chi connectivity index (χ0v) is 10.2. The molecular weight excluding hydrogens is 236 g/mol. The molecule has 2 aromatic rings. The highest BCUT2D eigenvalue weighted by molar-refractivity contribution is 6.30. The molecular formula is C14H13ClO2. The van der Waals surface area contributed by atoms with Crippen LogP contribution in [0.25, 0.3) is 0 Å². The van der Waals surface area contributed by atoms with Gasteiger partial charge in [0.1, 0.15) is 18.1 Å². The van der Waals surface area contributed by atoms with E-state index in [0.29, 0.717) is 11.6 Å². The van der Waals surface area contributed by atoms with Gasteiger partial charge in [0, 0.05) is 10.6 Å². The maximum Gasteiger partial charge on any atom is 0.122 e. The van der Waals surface area contributed by atoms with Gasteiger partial charge in [-0.2, -0.15) is 0 Å². The monoisotopic (exact) mass is 248 g/mol. The third kappa shape index (κ3) is 3.14. The van der Waals surface area contributed by atoms with Crippen LogP contribution in [-0.2, 0) is 6.61 Å². The van der Waals surface area contributed by atoms with E-state index >= 15 is 0 Å². The Balaban J connectivity index is 2.04. The molecule has 0 bridgehead atoms. The first-order valence-electron chi connectivity index (χ1n) is 5.32. The third-order valence-electron chi connectivity index (χ3n) is 2.45. The van der Waals surface area contributed by atoms with Gasteiger partial charge in [-0.25, -0.2) is 0 Å². The van der Waals surface area contributed by atoms with Crippen molar-refractivity contribution in [1.82, 2.24) is 0 Å². The van der Waals surface area contributed by atoms with E-state index in [-0.39, 0.29) is 5.75 Å². The fourth-order valence-corrected chi connectivity index (χ4v) is 1.61. The summed E-state index contributed by atoms with van der Waals surface area (Å²) < 4.78 is 5.55. The molecule has 0 aliphatic carbocycles. The number of aromatic hydroxyl groups is 1. The lowest BCUT2D eigenvalue weighted by Crippen LogP contribution is -1.95. The van der Waals surface area contributed by atoms with Crippen LogP contribution in [0.15, 0.2) is 42.5 Å². The Kier molecular flexibility index (Phi) is 3.55. The molecule has 88 valence electrons. The highest BCUT2D eigenvalue weighted by atomic mass is 35.5. The van der Waals surface area contributed by atoms with Crippen LogP contribution in [0.2, 0.25) is 5.02 Å². The molecule has 0 atom stereocenters. The van der Waals surface area contributed by atoms with Crippen molar-refractivity contribution < 1.29 is 9.84 Å². The summed E-state index contributed by atoms with van der Waals surface area (Å²) >= 11 is 5.78. The molecule has 2 nitrogen and oxygen atoms in total. The maximum absolute atomic E-state index is 9.71. The van der Waals surface area contributed by atoms with E-state index in [1.807, 2.05) is 19.1 Å². The van der Waals surface area contributed by atoms with E-state index in [0.717, 1.165) is 16.9 Å². The molecule has 0 aromatic heterocycles. The Bertz CT molecular complexity index is 506. The van der Waals surface area contributed by atoms with Gasteiger partial charge in [-0.3, -0.25) is 0 Å². The van der Waals surface area contributed by atoms with E-state index in [2.05, 4.69) is 0 Å². The minimum absolute atomic E-state index is 0.263. The van der Waals surface area contributed by atoms with Crippen molar-refractivity contribution >= 4 is 11.6 Å². The predicted molar refractivity (Wildman–Crippen MR) is 68.6 cm³/mol. The molecule has 0 aliphatic heterocycles. The molecule has 2 aromatic carbocycles. The van der Waals surface area contributed by atoms with E-state index in [4.69, 9.17) is 16.3 Å². The predicted octanol–water partition coefficient (Wildman–Crippen LogP) is 3.93. The highest BCUT2D eigenvalue weighted by Gasteiger charge is 2.02. The second kappa shape index (κ2) is 5.11. The third-order valence-corrected chi connectivity index (χ3v) is 2.70. The van der Waals surface area contributed by atoms with Gasteiger partial charge in [0.25, 0.3) is 0 Å². The second-order valence-corrected chi connectivity index (χ2v) is 4.31. The zero-order valence-electron chi connectivity index (χ0n) is 9.48. The molecule has 0 saturated carbocycles. The van der Waals surface area contributed by atoms with Crippen LogP contribution in [-0.4, -0.2) is 5.11 Å². The van der Waals surface area contributed by atoms with Crippen molar-refractivity contribution in [3.05, 3.63) is 58.6 Å². The van der Waals surface area contributed by atoms with Crippen LogP contribution in [0.4, 0.5) is 0 Å². The van der Waals surface area contributed by atoms with Gasteiger partial charge in [0.05, 0.1) is 0 Å². The Morgan fingerprint density at radius 1 is 1.12 bits per heavy atom. The van der Waals surface area contributed by atoms with E-state index in [1.165, 1.54) is 0 Å². The molecule has 2 rings (SSSR count). The minimum atomic E-state index is 0.263. The molecule has 0 amide bonds. The van der Waals surface area contributed by atoms with Gasteiger partial charge in [0.15, 0.2) is 0 Å². The molecule has 17 heavy (non-hydrogen) atoms. The fourth-order valence-electron chi connectivity index (χ4n) is 1.49. The molecule has 0 saturated heterocycles. The van der Waals surface area contributed by atoms with Gasteiger partial charge in [-0.1, -0.05) is 23.7 Å². The Morgan fingerprint density at radius 2 is 1.82 bits per heavy atom. The van der Waals surface area contributed by atoms with Crippen molar-refractivity contribution in [2.24, 2.45) is 0 Å². The van der Waals surface area contributed by atoms with Crippen LogP contribution in [0, 0.1) is 6.92 Å². The zero-order chi connectivity index (χ0) is 12.3. The van der Waals surface area contributed by atoms with Crippen LogP contribution in [0.3, 0.4) is 0 Å². The lowest BCUT2D eigenvalue weighted by molar-refractivity contribution is 0.299. The Hall–Kier alpha value is -1.67. The first-order valence-corrected chi connectivity index (χ1v) is 5.70. The topological polar surface area (TPSA) is 29.5 Å². The smallest absolute Gasteiger partial charge is 0.122 e. The van der Waals surface area contributed by atoms with Crippen LogP contribution >= 0.6 is 11.6 Å². The largest absolute Gasteiger partial charge is 0.508 e. The summed E-state index contributed by atoms with van der Waals surface area (Å²) in [6, 6.07) is 12.7. The van der Waals surface area contributed by atoms with Gasteiger partial charge < -0.3 is 9.84 Å². The van der Waals surface area contributed by atoms with Crippen LogP contribution in [0.1, 0.15) is 11.1 Å². The molecule has 1 N–H and O–H groups in total. The Morgan fingerprint density at radius 3 is 2.47 bits per heavy atom. The van der Waals surface area contributed by atoms with Gasteiger partial charge in [-0.15, -0.1) is 0 Å². The normalized spacial score (nSPS) is 10.2. The maximum atomic E-state index is 9.71. The van der Waals surface area contributed by atoms with Crippen molar-refractivity contribution in [2.45, 2.75) is 13.5 Å². The number of phenols is 1. The number of hydrogen-bond acceptors (Lipinski definition) is 2. The van der Waals surface area contributed by atoms with Crippen LogP contribution < -0.4 is 4.74 Å². The number of ether oxygens (including phenoxy) is 1. The Labute approximate surface area is 105 Å². The van der Waals surface area contributed by atoms with E-state index in [9.17, 15) is 5.11 Å². The second-order valence-electron chi connectivity index (χ2n) is 3.87. The van der Waals surface area contributed by atoms with Crippen molar-refractivity contribution in [1.29, 1.82) is 0 Å². The fraction of sp³-hybridized carbons (Fsp3) is 0.143. The molecule has 3 heteroatoms. The summed E-state index contributed by atoms with van der Waals surface area (Å²) in [6.45, 7) is 2.28. The summed E-state index contributed by atoms with van der Waals surface area (Å²) in [5, 5.41) is 10.4. The highest BCUT2D eigenvalue weighted by Crippen LogP contribution is 2.21. The standard InChI is InChI=1S/C14H13ClO2/c1-10-2-3-11(14(16)8-10)9-17-13-6-4-12(15)5-7-13/h2-8,16H,9H2,1H3. The first-order chi connectivity index (χ1) is 8.15. The molecule has 0 aliphatic rings. The summed E-state index contributed by atoms with van der Waals surface area (Å²) in [6.07, 6.45) is 0. The summed E-state index contributed by atoms with van der Waals surface area (Å²) in [4.78, 5) is 0. The minimum Gasteiger partial charge on any atom is -0.508 e. The van der Waals surface area contributed by atoms with E-state index in [1.54, 1.807) is 30.3 Å². The van der Waals surface area contributed by atoms with E-state index < -0.39 is 0 Å². The number of rotatable bonds is 3. The summed E-state index contributed by atoms with van der Waals surface area (Å²) in [7, 11) is 0. The number of benzene rings is 2. The van der Waals surface area contributed by atoms with Crippen molar-refractivity contribution in [3.8, 4) is 11.5 Å². The van der Waals surface area contributed by atoms with Gasteiger partial charge >= 0.3 is 0 Å². The molecule has 0 heterocycles. The van der Waals surface area contributed by atoms with Gasteiger partial charge in [-0.05, 0) is 42.8 Å². The van der Waals surface area contributed by atoms with Gasteiger partial charge in [0.2, 0.25) is 0 Å². The lowest BCUT2D eigenvalue weighted by atomic mass is 10.1. The first kappa shape index (κ1) is 11.8. The SMILES string of the molecule is Cc1ccc(COc2ccc(Cl)cc2)c(O)c1. The molecule has 0 radical (unpaired) electrons. The molecule has 0 fully saturated rings. The molecule has 0 spiro atoms. The number of phenolic OH excluding ortho intramolecular Hbond substituents is 1. The van der Waals surface area contributed by atoms with Crippen molar-refractivity contribution in [3.63, 3.8) is 0 Å². The van der Waals surface area contributed by atoms with Crippen molar-refractivity contribution in [2.75, 3.05) is 0 Å². The lowest BCUT2D eigenvalue weighted by Gasteiger charge is -2.08. The summed E-state index contributed by atoms with van der Waals surface area (Å²) in [5.41, 5.74) is 1.79. The molecule has 0 unspecified atom stereocenters. The average molecular weight is 249 g/mol. The summed E-state index contributed by atoms with van der Waals surface area (Å²) in [5.74, 6) is 0.994. The van der Waals surface area contributed by atoms with Crippen LogP contribution in [0.5, 0.6) is 11.5 Å². The number of halogens is 1.